The van der Waals surface area contributed by atoms with Crippen molar-refractivity contribution < 1.29 is 9.13 Å². The highest BCUT2D eigenvalue weighted by Gasteiger charge is 2.12. The molecule has 1 atom stereocenters. The minimum Gasteiger partial charge on any atom is -0.489 e. The van der Waals surface area contributed by atoms with Gasteiger partial charge in [-0.3, -0.25) is 9.97 Å². The summed E-state index contributed by atoms with van der Waals surface area (Å²) < 4.78 is 18.7. The summed E-state index contributed by atoms with van der Waals surface area (Å²) in [6, 6.07) is 2.70. The molecule has 0 aliphatic carbocycles. The second-order valence-corrected chi connectivity index (χ2v) is 4.53. The van der Waals surface area contributed by atoms with Gasteiger partial charge in [0, 0.05) is 12.4 Å². The van der Waals surface area contributed by atoms with E-state index in [4.69, 9.17) is 10.5 Å². The van der Waals surface area contributed by atoms with Crippen molar-refractivity contribution in [3.05, 3.63) is 53.9 Å². The minimum absolute atomic E-state index is 0.0594. The van der Waals surface area contributed by atoms with Gasteiger partial charge in [0.25, 0.3) is 0 Å². The van der Waals surface area contributed by atoms with Crippen molar-refractivity contribution in [2.45, 2.75) is 26.0 Å². The van der Waals surface area contributed by atoms with E-state index in [-0.39, 0.29) is 6.10 Å². The summed E-state index contributed by atoms with van der Waals surface area (Å²) in [6.45, 7) is 3.87. The Bertz CT molecular complexity index is 560. The highest BCUT2D eigenvalue weighted by atomic mass is 19.1. The Morgan fingerprint density at radius 3 is 2.32 bits per heavy atom. The fourth-order valence-corrected chi connectivity index (χ4v) is 1.73. The van der Waals surface area contributed by atoms with Crippen molar-refractivity contribution in [1.29, 1.82) is 0 Å². The molecule has 1 unspecified atom stereocenters. The molecule has 2 aromatic heterocycles. The van der Waals surface area contributed by atoms with Crippen LogP contribution in [-0.2, 0) is 0 Å². The Kier molecular flexibility index (Phi) is 4.06. The molecule has 0 bridgehead atoms. The van der Waals surface area contributed by atoms with E-state index in [1.54, 1.807) is 18.6 Å². The Balaban J connectivity index is 2.26. The molecule has 2 aromatic rings. The largest absolute Gasteiger partial charge is 0.489 e. The van der Waals surface area contributed by atoms with Crippen molar-refractivity contribution >= 4 is 0 Å². The van der Waals surface area contributed by atoms with Crippen LogP contribution in [0.5, 0.6) is 5.75 Å². The van der Waals surface area contributed by atoms with Crippen LogP contribution in [0.25, 0.3) is 0 Å². The molecule has 2 rings (SSSR count). The molecule has 0 spiro atoms. The van der Waals surface area contributed by atoms with Gasteiger partial charge in [0.15, 0.2) is 0 Å². The van der Waals surface area contributed by atoms with Gasteiger partial charge in [0.1, 0.15) is 11.6 Å². The van der Waals surface area contributed by atoms with Gasteiger partial charge in [-0.1, -0.05) is 0 Å². The number of hydrogen-bond acceptors (Lipinski definition) is 4. The molecule has 100 valence electrons. The molecule has 2 N–H and O–H groups in total. The zero-order chi connectivity index (χ0) is 13.8. The summed E-state index contributed by atoms with van der Waals surface area (Å²) in [5.74, 6) is 0.239. The van der Waals surface area contributed by atoms with Crippen molar-refractivity contribution in [1.82, 2.24) is 9.97 Å². The lowest BCUT2D eigenvalue weighted by Gasteiger charge is -2.14. The van der Waals surface area contributed by atoms with Gasteiger partial charge in [-0.2, -0.15) is 0 Å². The number of rotatable bonds is 4. The number of aromatic nitrogens is 2. The third kappa shape index (κ3) is 3.48. The topological polar surface area (TPSA) is 61.0 Å². The van der Waals surface area contributed by atoms with Gasteiger partial charge < -0.3 is 10.5 Å². The maximum atomic E-state index is 13.1. The van der Waals surface area contributed by atoms with Crippen molar-refractivity contribution in [2.75, 3.05) is 0 Å². The first kappa shape index (κ1) is 13.4. The van der Waals surface area contributed by atoms with Crippen molar-refractivity contribution in [3.63, 3.8) is 0 Å². The average molecular weight is 261 g/mol. The molecular formula is C14H16FN3O. The van der Waals surface area contributed by atoms with Crippen LogP contribution >= 0.6 is 0 Å². The lowest BCUT2D eigenvalue weighted by atomic mass is 10.0. The van der Waals surface area contributed by atoms with E-state index in [2.05, 4.69) is 9.97 Å². The van der Waals surface area contributed by atoms with Crippen LogP contribution in [0.2, 0.25) is 0 Å². The second-order valence-electron chi connectivity index (χ2n) is 4.53. The molecule has 0 saturated heterocycles. The zero-order valence-electron chi connectivity index (χ0n) is 10.9. The Morgan fingerprint density at radius 1 is 1.05 bits per heavy atom. The summed E-state index contributed by atoms with van der Waals surface area (Å²) in [4.78, 5) is 7.88. The number of nitrogens with zero attached hydrogens (tertiary/aromatic N) is 2. The van der Waals surface area contributed by atoms with Crippen LogP contribution in [-0.4, -0.2) is 16.1 Å². The lowest BCUT2D eigenvalue weighted by Crippen LogP contribution is -2.13. The van der Waals surface area contributed by atoms with E-state index < -0.39 is 11.9 Å². The predicted molar refractivity (Wildman–Crippen MR) is 70.2 cm³/mol. The highest BCUT2D eigenvalue weighted by molar-refractivity contribution is 5.32. The van der Waals surface area contributed by atoms with E-state index >= 15 is 0 Å². The molecular weight excluding hydrogens is 245 g/mol. The van der Waals surface area contributed by atoms with Gasteiger partial charge in [0.05, 0.1) is 24.5 Å². The van der Waals surface area contributed by atoms with Gasteiger partial charge in [-0.15, -0.1) is 0 Å². The smallest absolute Gasteiger partial charge is 0.141 e. The highest BCUT2D eigenvalue weighted by Crippen LogP contribution is 2.22. The molecule has 0 amide bonds. The normalized spacial score (nSPS) is 12.5. The van der Waals surface area contributed by atoms with Crippen LogP contribution in [0.15, 0.2) is 36.9 Å². The quantitative estimate of drug-likeness (QED) is 0.918. The van der Waals surface area contributed by atoms with Crippen molar-refractivity contribution in [3.8, 4) is 5.75 Å². The van der Waals surface area contributed by atoms with Crippen LogP contribution in [0.4, 0.5) is 4.39 Å². The molecule has 0 radical (unpaired) electrons. The van der Waals surface area contributed by atoms with Crippen LogP contribution in [0.3, 0.4) is 0 Å². The first-order chi connectivity index (χ1) is 9.06. The Morgan fingerprint density at radius 2 is 1.68 bits per heavy atom. The van der Waals surface area contributed by atoms with Crippen molar-refractivity contribution in [2.24, 2.45) is 5.73 Å². The van der Waals surface area contributed by atoms with E-state index in [0.717, 1.165) is 11.8 Å². The summed E-state index contributed by atoms with van der Waals surface area (Å²) >= 11 is 0. The van der Waals surface area contributed by atoms with Crippen LogP contribution < -0.4 is 10.5 Å². The SMILES string of the molecule is CC(C)Oc1cncc(C(N)c2cncc(F)c2)c1. The molecule has 4 nitrogen and oxygen atoms in total. The molecule has 5 heteroatoms. The Labute approximate surface area is 111 Å². The summed E-state index contributed by atoms with van der Waals surface area (Å²) in [6.07, 6.45) is 6.02. The molecule has 2 heterocycles. The lowest BCUT2D eigenvalue weighted by molar-refractivity contribution is 0.241. The van der Waals surface area contributed by atoms with E-state index in [9.17, 15) is 4.39 Å². The average Bonchev–Trinajstić information content (AvgIpc) is 2.37. The molecule has 0 saturated carbocycles. The van der Waals surface area contributed by atoms with Gasteiger partial charge in [0.2, 0.25) is 0 Å². The van der Waals surface area contributed by atoms with E-state index in [1.165, 1.54) is 6.07 Å². The van der Waals surface area contributed by atoms with Gasteiger partial charge in [-0.05, 0) is 37.1 Å². The van der Waals surface area contributed by atoms with E-state index in [0.29, 0.717) is 11.3 Å². The number of halogens is 1. The second kappa shape index (κ2) is 5.75. The third-order valence-electron chi connectivity index (χ3n) is 2.55. The van der Waals surface area contributed by atoms with E-state index in [1.807, 2.05) is 19.9 Å². The zero-order valence-corrected chi connectivity index (χ0v) is 10.9. The number of nitrogens with two attached hydrogens (primary N) is 1. The summed E-state index contributed by atoms with van der Waals surface area (Å²) in [5.41, 5.74) is 7.44. The maximum Gasteiger partial charge on any atom is 0.141 e. The first-order valence-corrected chi connectivity index (χ1v) is 6.04. The maximum absolute atomic E-state index is 13.1. The fraction of sp³-hybridized carbons (Fsp3) is 0.286. The molecule has 0 aliphatic rings. The summed E-state index contributed by atoms with van der Waals surface area (Å²) in [5, 5.41) is 0. The Hall–Kier alpha value is -2.01. The standard InChI is InChI=1S/C14H16FN3O/c1-9(2)19-13-4-11(6-18-8-13)14(16)10-3-12(15)7-17-5-10/h3-9,14H,16H2,1-2H3. The van der Waals surface area contributed by atoms with Gasteiger partial charge >= 0.3 is 0 Å². The number of ether oxygens (including phenoxy) is 1. The van der Waals surface area contributed by atoms with Crippen LogP contribution in [0.1, 0.15) is 31.0 Å². The number of hydrogen-bond donors (Lipinski definition) is 1. The molecule has 0 fully saturated rings. The summed E-state index contributed by atoms with van der Waals surface area (Å²) in [7, 11) is 0. The predicted octanol–water partition coefficient (Wildman–Crippen LogP) is 2.45. The minimum atomic E-state index is -0.480. The number of pyridine rings is 2. The third-order valence-corrected chi connectivity index (χ3v) is 2.55. The molecule has 0 aromatic carbocycles. The first-order valence-electron chi connectivity index (χ1n) is 6.04. The monoisotopic (exact) mass is 261 g/mol. The van der Waals surface area contributed by atoms with Crippen LogP contribution in [0, 0.1) is 5.82 Å². The fourth-order valence-electron chi connectivity index (χ4n) is 1.73. The molecule has 19 heavy (non-hydrogen) atoms. The molecule has 0 aliphatic heterocycles. The van der Waals surface area contributed by atoms with Gasteiger partial charge in [-0.25, -0.2) is 4.39 Å².